The smallest absolute Gasteiger partial charge is 0.333 e. The molecule has 0 atom stereocenters. The third-order valence-corrected chi connectivity index (χ3v) is 4.73. The Morgan fingerprint density at radius 1 is 0.852 bits per heavy atom. The third-order valence-electron chi connectivity index (χ3n) is 4.73. The topological polar surface area (TPSA) is 26.3 Å². The summed E-state index contributed by atoms with van der Waals surface area (Å²) in [7, 11) is 0. The lowest BCUT2D eigenvalue weighted by Crippen LogP contribution is -2.04. The molecule has 0 aliphatic heterocycles. The quantitative estimate of drug-likeness (QED) is 0.245. The number of benzene rings is 4. The number of ether oxygens (including phenoxy) is 1. The molecular formula is C25H20O2. The number of rotatable bonds is 4. The van der Waals surface area contributed by atoms with Crippen LogP contribution in [0, 0.1) is 0 Å². The lowest BCUT2D eigenvalue weighted by molar-refractivity contribution is -0.140. The average molecular weight is 352 g/mol. The Labute approximate surface area is 158 Å². The molecule has 0 aliphatic rings. The molecule has 27 heavy (non-hydrogen) atoms. The Hall–Kier alpha value is -3.39. The van der Waals surface area contributed by atoms with Crippen molar-refractivity contribution in [2.75, 3.05) is 0 Å². The molecule has 0 aromatic heterocycles. The van der Waals surface area contributed by atoms with Crippen LogP contribution in [-0.4, -0.2) is 5.97 Å². The SMILES string of the molecule is C=C(C)C(=O)OCc1ccc(-c2c3ccccc3cc3ccccc23)cc1. The van der Waals surface area contributed by atoms with Gasteiger partial charge in [0.05, 0.1) is 0 Å². The second-order valence-corrected chi connectivity index (χ2v) is 6.75. The summed E-state index contributed by atoms with van der Waals surface area (Å²) >= 11 is 0. The van der Waals surface area contributed by atoms with Crippen molar-refractivity contribution in [3.05, 3.63) is 96.6 Å². The average Bonchev–Trinajstić information content (AvgIpc) is 2.70. The van der Waals surface area contributed by atoms with Crippen LogP contribution in [0.25, 0.3) is 32.7 Å². The maximum atomic E-state index is 11.6. The van der Waals surface area contributed by atoms with Gasteiger partial charge in [0.2, 0.25) is 0 Å². The third kappa shape index (κ3) is 3.34. The van der Waals surface area contributed by atoms with E-state index in [2.05, 4.69) is 73.3 Å². The largest absolute Gasteiger partial charge is 0.457 e. The van der Waals surface area contributed by atoms with Crippen LogP contribution < -0.4 is 0 Å². The Bertz CT molecular complexity index is 1100. The predicted molar refractivity (Wildman–Crippen MR) is 112 cm³/mol. The molecule has 4 aromatic carbocycles. The summed E-state index contributed by atoms with van der Waals surface area (Å²) in [6, 6.07) is 27.4. The highest BCUT2D eigenvalue weighted by Crippen LogP contribution is 2.36. The predicted octanol–water partition coefficient (Wildman–Crippen LogP) is 6.28. The Balaban J connectivity index is 1.77. The van der Waals surface area contributed by atoms with Gasteiger partial charge in [-0.15, -0.1) is 0 Å². The molecule has 0 saturated carbocycles. The van der Waals surface area contributed by atoms with Crippen LogP contribution in [-0.2, 0) is 16.1 Å². The van der Waals surface area contributed by atoms with Gasteiger partial charge in [-0.05, 0) is 51.2 Å². The Morgan fingerprint density at radius 3 is 1.96 bits per heavy atom. The Kier molecular flexibility index (Phi) is 4.47. The van der Waals surface area contributed by atoms with Crippen molar-refractivity contribution in [1.82, 2.24) is 0 Å². The summed E-state index contributed by atoms with van der Waals surface area (Å²) in [5, 5.41) is 4.92. The number of fused-ring (bicyclic) bond motifs is 2. The zero-order chi connectivity index (χ0) is 18.8. The maximum absolute atomic E-state index is 11.6. The summed E-state index contributed by atoms with van der Waals surface area (Å²) in [6.07, 6.45) is 0. The minimum atomic E-state index is -0.362. The van der Waals surface area contributed by atoms with Crippen molar-refractivity contribution in [3.63, 3.8) is 0 Å². The fourth-order valence-corrected chi connectivity index (χ4v) is 3.36. The summed E-state index contributed by atoms with van der Waals surface area (Å²) in [4.78, 5) is 11.6. The van der Waals surface area contributed by atoms with Gasteiger partial charge in [0.25, 0.3) is 0 Å². The fraction of sp³-hybridized carbons (Fsp3) is 0.0800. The van der Waals surface area contributed by atoms with Gasteiger partial charge >= 0.3 is 5.97 Å². The second kappa shape index (κ2) is 7.08. The number of carbonyl (C=O) groups excluding carboxylic acids is 1. The van der Waals surface area contributed by atoms with Crippen molar-refractivity contribution < 1.29 is 9.53 Å². The summed E-state index contributed by atoms with van der Waals surface area (Å²) in [6.45, 7) is 5.51. The minimum absolute atomic E-state index is 0.252. The van der Waals surface area contributed by atoms with Gasteiger partial charge in [-0.3, -0.25) is 0 Å². The number of esters is 1. The molecule has 0 saturated heterocycles. The first-order chi connectivity index (χ1) is 13.1. The van der Waals surface area contributed by atoms with E-state index >= 15 is 0 Å². The van der Waals surface area contributed by atoms with Gasteiger partial charge in [0.1, 0.15) is 6.61 Å². The van der Waals surface area contributed by atoms with E-state index in [0.29, 0.717) is 5.57 Å². The van der Waals surface area contributed by atoms with Crippen molar-refractivity contribution >= 4 is 27.5 Å². The van der Waals surface area contributed by atoms with Crippen molar-refractivity contribution in [2.24, 2.45) is 0 Å². The molecule has 2 heteroatoms. The van der Waals surface area contributed by atoms with Crippen molar-refractivity contribution in [3.8, 4) is 11.1 Å². The monoisotopic (exact) mass is 352 g/mol. The van der Waals surface area contributed by atoms with E-state index in [4.69, 9.17) is 4.74 Å². The molecule has 132 valence electrons. The molecule has 4 aromatic rings. The molecule has 4 rings (SSSR count). The van der Waals surface area contributed by atoms with Gasteiger partial charge in [-0.25, -0.2) is 4.79 Å². The van der Waals surface area contributed by atoms with Crippen LogP contribution in [0.3, 0.4) is 0 Å². The molecule has 0 amide bonds. The van der Waals surface area contributed by atoms with Gasteiger partial charge in [0, 0.05) is 5.57 Å². The molecule has 0 spiro atoms. The van der Waals surface area contributed by atoms with Crippen LogP contribution in [0.1, 0.15) is 12.5 Å². The number of hydrogen-bond acceptors (Lipinski definition) is 2. The highest BCUT2D eigenvalue weighted by Gasteiger charge is 2.10. The van der Waals surface area contributed by atoms with E-state index in [0.717, 1.165) is 11.1 Å². The van der Waals surface area contributed by atoms with Gasteiger partial charge in [-0.1, -0.05) is 79.4 Å². The van der Waals surface area contributed by atoms with Crippen LogP contribution in [0.5, 0.6) is 0 Å². The fourth-order valence-electron chi connectivity index (χ4n) is 3.36. The van der Waals surface area contributed by atoms with Gasteiger partial charge in [-0.2, -0.15) is 0 Å². The Morgan fingerprint density at radius 2 is 1.41 bits per heavy atom. The molecule has 0 aliphatic carbocycles. The number of hydrogen-bond donors (Lipinski definition) is 0. The zero-order valence-electron chi connectivity index (χ0n) is 15.2. The molecule has 0 N–H and O–H groups in total. The van der Waals surface area contributed by atoms with E-state index < -0.39 is 0 Å². The molecule has 0 radical (unpaired) electrons. The molecule has 2 nitrogen and oxygen atoms in total. The summed E-state index contributed by atoms with van der Waals surface area (Å²) < 4.78 is 5.24. The minimum Gasteiger partial charge on any atom is -0.457 e. The maximum Gasteiger partial charge on any atom is 0.333 e. The van der Waals surface area contributed by atoms with Gasteiger partial charge < -0.3 is 4.74 Å². The first-order valence-electron chi connectivity index (χ1n) is 8.96. The first kappa shape index (κ1) is 17.0. The van der Waals surface area contributed by atoms with Crippen LogP contribution in [0.15, 0.2) is 91.0 Å². The van der Waals surface area contributed by atoms with E-state index in [9.17, 15) is 4.79 Å². The van der Waals surface area contributed by atoms with E-state index in [1.54, 1.807) is 6.92 Å². The molecule has 0 bridgehead atoms. The lowest BCUT2D eigenvalue weighted by Gasteiger charge is -2.13. The highest BCUT2D eigenvalue weighted by molar-refractivity contribution is 6.12. The van der Waals surface area contributed by atoms with Crippen LogP contribution in [0.2, 0.25) is 0 Å². The standard InChI is InChI=1S/C25H20O2/c1-17(2)25(26)27-16-18-11-13-19(14-12-18)24-22-9-5-3-7-20(22)15-21-8-4-6-10-23(21)24/h3-15H,1,16H2,2H3. The molecule has 0 fully saturated rings. The van der Waals surface area contributed by atoms with E-state index in [1.807, 2.05) is 12.1 Å². The first-order valence-corrected chi connectivity index (χ1v) is 8.96. The normalized spacial score (nSPS) is 10.9. The molecule has 0 unspecified atom stereocenters. The van der Waals surface area contributed by atoms with Crippen molar-refractivity contribution in [1.29, 1.82) is 0 Å². The summed E-state index contributed by atoms with van der Waals surface area (Å²) in [5.74, 6) is -0.362. The van der Waals surface area contributed by atoms with Crippen LogP contribution >= 0.6 is 0 Å². The van der Waals surface area contributed by atoms with E-state index in [1.165, 1.54) is 27.1 Å². The van der Waals surface area contributed by atoms with Gasteiger partial charge in [0.15, 0.2) is 0 Å². The zero-order valence-corrected chi connectivity index (χ0v) is 15.2. The number of carbonyl (C=O) groups is 1. The lowest BCUT2D eigenvalue weighted by atomic mass is 9.92. The second-order valence-electron chi connectivity index (χ2n) is 6.75. The summed E-state index contributed by atoms with van der Waals surface area (Å²) in [5.41, 5.74) is 3.75. The highest BCUT2D eigenvalue weighted by atomic mass is 16.5. The molecular weight excluding hydrogens is 332 g/mol. The van der Waals surface area contributed by atoms with Crippen LogP contribution in [0.4, 0.5) is 0 Å². The van der Waals surface area contributed by atoms with Crippen molar-refractivity contribution in [2.45, 2.75) is 13.5 Å². The van der Waals surface area contributed by atoms with E-state index in [-0.39, 0.29) is 12.6 Å². The molecule has 0 heterocycles.